The first-order chi connectivity index (χ1) is 9.11. The van der Waals surface area contributed by atoms with Crippen molar-refractivity contribution in [2.45, 2.75) is 46.1 Å². The van der Waals surface area contributed by atoms with Gasteiger partial charge in [0, 0.05) is 12.6 Å². The average molecular weight is 266 g/mol. The molecule has 0 aliphatic heterocycles. The lowest BCUT2D eigenvalue weighted by Gasteiger charge is -2.20. The van der Waals surface area contributed by atoms with Crippen LogP contribution in [0.1, 0.15) is 50.5 Å². The molecule has 5 heteroatoms. The van der Waals surface area contributed by atoms with Crippen molar-refractivity contribution >= 4 is 12.0 Å². The van der Waals surface area contributed by atoms with E-state index in [9.17, 15) is 4.79 Å². The third-order valence-electron chi connectivity index (χ3n) is 3.16. The Morgan fingerprint density at radius 3 is 2.89 bits per heavy atom. The zero-order valence-electron chi connectivity index (χ0n) is 11.9. The van der Waals surface area contributed by atoms with E-state index in [2.05, 4.69) is 23.7 Å². The first-order valence-corrected chi connectivity index (χ1v) is 7.01. The van der Waals surface area contributed by atoms with E-state index in [0.29, 0.717) is 24.6 Å². The second-order valence-corrected chi connectivity index (χ2v) is 5.34. The van der Waals surface area contributed by atoms with Crippen molar-refractivity contribution in [2.75, 3.05) is 18.1 Å². The SMILES string of the molecule is CCOC(=O)c1coc(N(CCC(C)C)C2CC2)n1. The molecule has 1 aliphatic carbocycles. The number of hydrogen-bond acceptors (Lipinski definition) is 5. The monoisotopic (exact) mass is 266 g/mol. The molecule has 0 atom stereocenters. The molecule has 19 heavy (non-hydrogen) atoms. The van der Waals surface area contributed by atoms with Crippen LogP contribution in [-0.4, -0.2) is 30.1 Å². The second kappa shape index (κ2) is 6.08. The molecule has 1 aromatic rings. The van der Waals surface area contributed by atoms with E-state index in [4.69, 9.17) is 9.15 Å². The zero-order valence-corrected chi connectivity index (χ0v) is 11.9. The molecule has 1 fully saturated rings. The Balaban J connectivity index is 2.03. The standard InChI is InChI=1S/C14H22N2O3/c1-4-18-13(17)12-9-19-14(15-12)16(11-5-6-11)8-7-10(2)3/h9-11H,4-8H2,1-3H3. The molecule has 0 saturated heterocycles. The normalized spacial score (nSPS) is 14.7. The molecule has 106 valence electrons. The minimum absolute atomic E-state index is 0.257. The van der Waals surface area contributed by atoms with Crippen LogP contribution in [0.4, 0.5) is 6.01 Å². The molecule has 0 radical (unpaired) electrons. The van der Waals surface area contributed by atoms with E-state index in [-0.39, 0.29) is 5.69 Å². The molecule has 5 nitrogen and oxygen atoms in total. The van der Waals surface area contributed by atoms with Crippen LogP contribution < -0.4 is 4.90 Å². The van der Waals surface area contributed by atoms with Gasteiger partial charge in [-0.05, 0) is 32.1 Å². The Bertz CT molecular complexity index is 424. The third-order valence-corrected chi connectivity index (χ3v) is 3.16. The number of nitrogens with zero attached hydrogens (tertiary/aromatic N) is 2. The summed E-state index contributed by atoms with van der Waals surface area (Å²) in [5, 5.41) is 0. The Kier molecular flexibility index (Phi) is 4.45. The van der Waals surface area contributed by atoms with Crippen molar-refractivity contribution < 1.29 is 13.9 Å². The van der Waals surface area contributed by atoms with E-state index >= 15 is 0 Å². The third kappa shape index (κ3) is 3.72. The van der Waals surface area contributed by atoms with Gasteiger partial charge >= 0.3 is 5.97 Å². The number of hydrogen-bond donors (Lipinski definition) is 0. The van der Waals surface area contributed by atoms with Gasteiger partial charge < -0.3 is 14.1 Å². The summed E-state index contributed by atoms with van der Waals surface area (Å²) in [6, 6.07) is 1.07. The van der Waals surface area contributed by atoms with Gasteiger partial charge in [-0.15, -0.1) is 0 Å². The van der Waals surface area contributed by atoms with Crippen LogP contribution in [0.5, 0.6) is 0 Å². The number of aromatic nitrogens is 1. The van der Waals surface area contributed by atoms with E-state index < -0.39 is 5.97 Å². The van der Waals surface area contributed by atoms with Crippen molar-refractivity contribution in [1.29, 1.82) is 0 Å². The number of esters is 1. The lowest BCUT2D eigenvalue weighted by atomic mass is 10.1. The van der Waals surface area contributed by atoms with Gasteiger partial charge in [0.1, 0.15) is 6.26 Å². The predicted octanol–water partition coefficient (Wildman–Crippen LogP) is 2.87. The number of oxazole rings is 1. The van der Waals surface area contributed by atoms with Gasteiger partial charge in [0.15, 0.2) is 5.69 Å². The van der Waals surface area contributed by atoms with Gasteiger partial charge in [0.2, 0.25) is 0 Å². The lowest BCUT2D eigenvalue weighted by molar-refractivity contribution is 0.0519. The zero-order chi connectivity index (χ0) is 13.8. The van der Waals surface area contributed by atoms with Gasteiger partial charge in [-0.25, -0.2) is 4.79 Å². The highest BCUT2D eigenvalue weighted by molar-refractivity contribution is 5.87. The fraction of sp³-hybridized carbons (Fsp3) is 0.714. The van der Waals surface area contributed by atoms with Crippen LogP contribution in [0.2, 0.25) is 0 Å². The highest BCUT2D eigenvalue weighted by atomic mass is 16.5. The lowest BCUT2D eigenvalue weighted by Crippen LogP contribution is -2.28. The summed E-state index contributed by atoms with van der Waals surface area (Å²) in [4.78, 5) is 18.0. The summed E-state index contributed by atoms with van der Waals surface area (Å²) in [5.41, 5.74) is 0.257. The first kappa shape index (κ1) is 13.9. The number of ether oxygens (including phenoxy) is 1. The Morgan fingerprint density at radius 1 is 1.58 bits per heavy atom. The maximum absolute atomic E-state index is 11.6. The summed E-state index contributed by atoms with van der Waals surface area (Å²) in [5.74, 6) is 0.220. The predicted molar refractivity (Wildman–Crippen MR) is 72.3 cm³/mol. The van der Waals surface area contributed by atoms with Gasteiger partial charge in [-0.2, -0.15) is 4.98 Å². The van der Waals surface area contributed by atoms with Crippen LogP contribution in [0.15, 0.2) is 10.7 Å². The topological polar surface area (TPSA) is 55.6 Å². The molecule has 1 heterocycles. The first-order valence-electron chi connectivity index (χ1n) is 7.01. The number of carbonyl (C=O) groups is 1. The van der Waals surface area contributed by atoms with Crippen molar-refractivity contribution in [3.8, 4) is 0 Å². The van der Waals surface area contributed by atoms with Crippen LogP contribution in [0.3, 0.4) is 0 Å². The molecule has 0 unspecified atom stereocenters. The molecule has 2 rings (SSSR count). The Morgan fingerprint density at radius 2 is 2.32 bits per heavy atom. The molecule has 0 aromatic carbocycles. The quantitative estimate of drug-likeness (QED) is 0.710. The molecule has 1 aromatic heterocycles. The van der Waals surface area contributed by atoms with Gasteiger partial charge in [-0.3, -0.25) is 0 Å². The van der Waals surface area contributed by atoms with Crippen LogP contribution in [-0.2, 0) is 4.74 Å². The smallest absolute Gasteiger partial charge is 0.360 e. The summed E-state index contributed by atoms with van der Waals surface area (Å²) in [6.45, 7) is 7.44. The minimum Gasteiger partial charge on any atom is -0.461 e. The molecule has 1 aliphatic rings. The van der Waals surface area contributed by atoms with Crippen molar-refractivity contribution in [2.24, 2.45) is 5.92 Å². The molecular formula is C14H22N2O3. The van der Waals surface area contributed by atoms with E-state index in [0.717, 1.165) is 13.0 Å². The summed E-state index contributed by atoms with van der Waals surface area (Å²) in [6.07, 6.45) is 4.83. The minimum atomic E-state index is -0.419. The summed E-state index contributed by atoms with van der Waals surface area (Å²) in [7, 11) is 0. The average Bonchev–Trinajstić information content (AvgIpc) is 3.06. The van der Waals surface area contributed by atoms with Gasteiger partial charge in [-0.1, -0.05) is 13.8 Å². The van der Waals surface area contributed by atoms with Crippen LogP contribution in [0, 0.1) is 5.92 Å². The Hall–Kier alpha value is -1.52. The molecule has 0 spiro atoms. The summed E-state index contributed by atoms with van der Waals surface area (Å²) >= 11 is 0. The Labute approximate surface area is 113 Å². The number of carbonyl (C=O) groups excluding carboxylic acids is 1. The fourth-order valence-electron chi connectivity index (χ4n) is 1.91. The van der Waals surface area contributed by atoms with Gasteiger partial charge in [0.05, 0.1) is 6.61 Å². The van der Waals surface area contributed by atoms with Crippen molar-refractivity contribution in [3.63, 3.8) is 0 Å². The number of anilines is 1. The van der Waals surface area contributed by atoms with E-state index in [1.54, 1.807) is 6.92 Å². The van der Waals surface area contributed by atoms with E-state index in [1.165, 1.54) is 19.1 Å². The maximum atomic E-state index is 11.6. The highest BCUT2D eigenvalue weighted by Crippen LogP contribution is 2.31. The second-order valence-electron chi connectivity index (χ2n) is 5.34. The molecule has 0 bridgehead atoms. The number of rotatable bonds is 7. The molecule has 0 N–H and O–H groups in total. The molecule has 1 saturated carbocycles. The fourth-order valence-corrected chi connectivity index (χ4v) is 1.91. The summed E-state index contributed by atoms with van der Waals surface area (Å²) < 4.78 is 10.4. The van der Waals surface area contributed by atoms with E-state index in [1.807, 2.05) is 0 Å². The van der Waals surface area contributed by atoms with Crippen molar-refractivity contribution in [3.05, 3.63) is 12.0 Å². The maximum Gasteiger partial charge on any atom is 0.360 e. The molecular weight excluding hydrogens is 244 g/mol. The molecule has 0 amide bonds. The van der Waals surface area contributed by atoms with Crippen LogP contribution >= 0.6 is 0 Å². The van der Waals surface area contributed by atoms with Gasteiger partial charge in [0.25, 0.3) is 6.01 Å². The van der Waals surface area contributed by atoms with Crippen LogP contribution in [0.25, 0.3) is 0 Å². The van der Waals surface area contributed by atoms with Crippen molar-refractivity contribution in [1.82, 2.24) is 4.98 Å². The largest absolute Gasteiger partial charge is 0.461 e. The highest BCUT2D eigenvalue weighted by Gasteiger charge is 2.32.